The number of carbonyl (C=O) groups is 8. The molecule has 0 aromatic carbocycles. The summed E-state index contributed by atoms with van der Waals surface area (Å²) in [4.78, 5) is 106. The highest BCUT2D eigenvalue weighted by Crippen LogP contribution is 2.13. The van der Waals surface area contributed by atoms with Crippen molar-refractivity contribution in [3.63, 3.8) is 0 Å². The lowest BCUT2D eigenvalue weighted by Crippen LogP contribution is -2.63. The number of carboxylic acids is 1. The van der Waals surface area contributed by atoms with Gasteiger partial charge in [-0.2, -0.15) is 0 Å². The Kier molecular flexibility index (Phi) is 24.7. The number of carboxylic acid groups (broad SMARTS) is 1. The Bertz CT molecular complexity index is 1410. The number of aliphatic hydroxyl groups is 1. The Morgan fingerprint density at radius 2 is 0.966 bits per heavy atom. The predicted molar refractivity (Wildman–Crippen MR) is 223 cm³/mol. The monoisotopic (exact) mass is 842 g/mol. The molecule has 0 aliphatic heterocycles. The van der Waals surface area contributed by atoms with Gasteiger partial charge < -0.3 is 58.9 Å². The van der Waals surface area contributed by atoms with Gasteiger partial charge in [-0.3, -0.25) is 33.6 Å². The Morgan fingerprint density at radius 1 is 0.525 bits per heavy atom. The molecular weight excluding hydrogens is 766 g/mol. The van der Waals surface area contributed by atoms with Crippen molar-refractivity contribution < 1.29 is 48.6 Å². The van der Waals surface area contributed by atoms with Crippen molar-refractivity contribution in [2.24, 2.45) is 41.1 Å². The fourth-order valence-corrected chi connectivity index (χ4v) is 5.85. The highest BCUT2D eigenvalue weighted by Gasteiger charge is 2.37. The lowest BCUT2D eigenvalue weighted by Gasteiger charge is -2.31. The number of nitrogens with two attached hydrogens (primary N) is 2. The van der Waals surface area contributed by atoms with Crippen molar-refractivity contribution in [3.05, 3.63) is 0 Å². The zero-order valence-corrected chi connectivity index (χ0v) is 37.1. The summed E-state index contributed by atoms with van der Waals surface area (Å²) >= 11 is 0. The van der Waals surface area contributed by atoms with Gasteiger partial charge in [-0.05, 0) is 75.7 Å². The number of hydrogen-bond acceptors (Lipinski definition) is 11. The van der Waals surface area contributed by atoms with Crippen LogP contribution in [-0.4, -0.2) is 119 Å². The zero-order valence-electron chi connectivity index (χ0n) is 37.1. The first-order valence-corrected chi connectivity index (χ1v) is 20.8. The molecule has 0 spiro atoms. The van der Waals surface area contributed by atoms with Crippen LogP contribution in [0.4, 0.5) is 0 Å². The second-order valence-electron chi connectivity index (χ2n) is 16.9. The molecule has 19 nitrogen and oxygen atoms in total. The van der Waals surface area contributed by atoms with E-state index in [1.54, 1.807) is 55.4 Å². The summed E-state index contributed by atoms with van der Waals surface area (Å²) in [5.74, 6) is -8.07. The largest absolute Gasteiger partial charge is 0.480 e. The van der Waals surface area contributed by atoms with Gasteiger partial charge in [0.05, 0.1) is 12.1 Å². The summed E-state index contributed by atoms with van der Waals surface area (Å²) in [6.07, 6.45) is 0.308. The second-order valence-corrected chi connectivity index (χ2v) is 16.9. The van der Waals surface area contributed by atoms with Gasteiger partial charge >= 0.3 is 5.97 Å². The van der Waals surface area contributed by atoms with Gasteiger partial charge in [0.25, 0.3) is 0 Å². The standard InChI is InChI=1S/C40H75N9O10/c1-13-23(10)31(48-33(51)24(11)43-35(53)28(42)20(4)5)38(56)49-32(25(12)50)39(57)47-30(22(8)9)37(55)45-27(18-19(2)3)34(52)46-29(21(6)7)36(54)44-26(40(58)59)16-14-15-17-41/h19-32,50H,13-18,41-42H2,1-12H3,(H,43,53)(H,44,54)(H,45,55)(H,46,52)(H,47,57)(H,48,51)(H,49,56)(H,58,59)/t23-,24-,25+,26+,27+,28+,29+,30+,31+,32-/m1/s1. The van der Waals surface area contributed by atoms with Crippen LogP contribution in [0.15, 0.2) is 0 Å². The molecule has 0 rings (SSSR count). The maximum Gasteiger partial charge on any atom is 0.326 e. The van der Waals surface area contributed by atoms with Gasteiger partial charge in [-0.1, -0.05) is 75.7 Å². The molecule has 0 aliphatic carbocycles. The maximum atomic E-state index is 13.8. The van der Waals surface area contributed by atoms with E-state index in [1.165, 1.54) is 13.8 Å². The average molecular weight is 842 g/mol. The summed E-state index contributed by atoms with van der Waals surface area (Å²) in [5.41, 5.74) is 11.4. The van der Waals surface area contributed by atoms with Gasteiger partial charge in [0, 0.05) is 0 Å². The summed E-state index contributed by atoms with van der Waals surface area (Å²) in [7, 11) is 0. The Labute approximate surface area is 349 Å². The van der Waals surface area contributed by atoms with Gasteiger partial charge in [-0.15, -0.1) is 0 Å². The first-order chi connectivity index (χ1) is 27.3. The summed E-state index contributed by atoms with van der Waals surface area (Å²) in [6.45, 7) is 20.4. The molecule has 340 valence electrons. The number of aliphatic hydroxyl groups excluding tert-OH is 1. The molecule has 0 aromatic rings. The van der Waals surface area contributed by atoms with Gasteiger partial charge in [0.2, 0.25) is 41.4 Å². The van der Waals surface area contributed by atoms with Crippen LogP contribution >= 0.6 is 0 Å². The van der Waals surface area contributed by atoms with Crippen LogP contribution in [0.3, 0.4) is 0 Å². The fraction of sp³-hybridized carbons (Fsp3) is 0.800. The number of unbranched alkanes of at least 4 members (excludes halogenated alkanes) is 1. The topological polar surface area (TPSA) is 313 Å². The highest BCUT2D eigenvalue weighted by molar-refractivity contribution is 5.97. The SMILES string of the molecule is CC[C@@H](C)[C@H](NC(=O)[C@@H](C)NC(=O)[C@@H](N)C(C)C)C(=O)N[C@@H](C(=O)N[C@H](C(=O)N[C@@H](CC(C)C)C(=O)N[C@H](C(=O)N[C@@H](CCCCN)C(=O)O)C(C)C)C(C)C)[C@H](C)O. The quantitative estimate of drug-likeness (QED) is 0.0462. The van der Waals surface area contributed by atoms with E-state index >= 15 is 0 Å². The van der Waals surface area contributed by atoms with Gasteiger partial charge in [0.15, 0.2) is 0 Å². The van der Waals surface area contributed by atoms with Crippen molar-refractivity contribution in [1.82, 2.24) is 37.2 Å². The Balaban J connectivity index is 6.16. The molecule has 0 aliphatic rings. The Morgan fingerprint density at radius 3 is 1.39 bits per heavy atom. The number of hydrogen-bond donors (Lipinski definition) is 11. The minimum Gasteiger partial charge on any atom is -0.480 e. The normalized spacial score (nSPS) is 16.7. The molecule has 0 saturated carbocycles. The molecular formula is C40H75N9O10. The van der Waals surface area contributed by atoms with Crippen molar-refractivity contribution in [2.75, 3.05) is 6.54 Å². The number of carbonyl (C=O) groups excluding carboxylic acids is 7. The van der Waals surface area contributed by atoms with Crippen LogP contribution < -0.4 is 48.7 Å². The number of aliphatic carboxylic acids is 1. The summed E-state index contributed by atoms with van der Waals surface area (Å²) in [5, 5.41) is 38.4. The second kappa shape index (κ2) is 26.7. The molecule has 0 bridgehead atoms. The number of amides is 7. The maximum absolute atomic E-state index is 13.8. The molecule has 59 heavy (non-hydrogen) atoms. The van der Waals surface area contributed by atoms with E-state index in [-0.39, 0.29) is 24.7 Å². The molecule has 0 radical (unpaired) electrons. The van der Waals surface area contributed by atoms with E-state index in [4.69, 9.17) is 11.5 Å². The van der Waals surface area contributed by atoms with Gasteiger partial charge in [-0.25, -0.2) is 4.79 Å². The lowest BCUT2D eigenvalue weighted by atomic mass is 9.96. The minimum atomic E-state index is -1.58. The first-order valence-electron chi connectivity index (χ1n) is 20.8. The van der Waals surface area contributed by atoms with Crippen LogP contribution in [0.25, 0.3) is 0 Å². The van der Waals surface area contributed by atoms with E-state index in [9.17, 15) is 48.6 Å². The average Bonchev–Trinajstić information content (AvgIpc) is 3.14. The number of nitrogens with one attached hydrogen (secondary N) is 7. The third kappa shape index (κ3) is 19.1. The van der Waals surface area contributed by atoms with Crippen molar-refractivity contribution in [3.8, 4) is 0 Å². The molecule has 10 atom stereocenters. The molecule has 7 amide bonds. The molecule has 0 saturated heterocycles. The first kappa shape index (κ1) is 54.6. The highest BCUT2D eigenvalue weighted by atomic mass is 16.4. The third-order valence-corrected chi connectivity index (χ3v) is 10.0. The molecule has 13 N–H and O–H groups in total. The van der Waals surface area contributed by atoms with E-state index < -0.39 is 120 Å². The van der Waals surface area contributed by atoms with E-state index in [0.717, 1.165) is 0 Å². The van der Waals surface area contributed by atoms with Crippen LogP contribution in [0.5, 0.6) is 0 Å². The Hall–Kier alpha value is -4.36. The van der Waals surface area contributed by atoms with Gasteiger partial charge in [0.1, 0.15) is 42.3 Å². The van der Waals surface area contributed by atoms with Crippen LogP contribution in [0.1, 0.15) is 115 Å². The summed E-state index contributed by atoms with van der Waals surface area (Å²) < 4.78 is 0. The van der Waals surface area contributed by atoms with E-state index in [1.807, 2.05) is 13.8 Å². The molecule has 0 heterocycles. The van der Waals surface area contributed by atoms with Crippen molar-refractivity contribution in [1.29, 1.82) is 0 Å². The predicted octanol–water partition coefficient (Wildman–Crippen LogP) is -0.618. The zero-order chi connectivity index (χ0) is 45.9. The summed E-state index contributed by atoms with van der Waals surface area (Å²) in [6, 6.07) is -9.43. The lowest BCUT2D eigenvalue weighted by molar-refractivity contribution is -0.143. The fourth-order valence-electron chi connectivity index (χ4n) is 5.85. The van der Waals surface area contributed by atoms with Crippen LogP contribution in [0.2, 0.25) is 0 Å². The van der Waals surface area contributed by atoms with Crippen molar-refractivity contribution in [2.45, 2.75) is 170 Å². The van der Waals surface area contributed by atoms with Crippen LogP contribution in [0, 0.1) is 29.6 Å². The van der Waals surface area contributed by atoms with E-state index in [0.29, 0.717) is 25.8 Å². The van der Waals surface area contributed by atoms with Crippen LogP contribution in [-0.2, 0) is 38.4 Å². The smallest absolute Gasteiger partial charge is 0.326 e. The van der Waals surface area contributed by atoms with Crippen molar-refractivity contribution >= 4 is 47.3 Å². The molecule has 0 aromatic heterocycles. The number of rotatable bonds is 27. The van der Waals surface area contributed by atoms with E-state index in [2.05, 4.69) is 37.2 Å². The minimum absolute atomic E-state index is 0.117. The molecule has 0 unspecified atom stereocenters. The third-order valence-electron chi connectivity index (χ3n) is 10.0. The molecule has 19 heteroatoms. The molecule has 0 fully saturated rings.